The number of nitrogens with zero attached hydrogens (tertiary/aromatic N) is 1. The Morgan fingerprint density at radius 1 is 1.10 bits per heavy atom. The topological polar surface area (TPSA) is 33.1 Å². The van der Waals surface area contributed by atoms with Gasteiger partial charge in [-0.2, -0.15) is 0 Å². The minimum Gasteiger partial charge on any atom is -0.379 e. The standard InChI is InChI=1S/C17H20ClNO/c1-2-3-5-12-17(20,16-7-4-6-13-19-16)14-8-10-15(18)11-9-14/h4,6-11,13,20H,2-3,5,12H2,1H3. The summed E-state index contributed by atoms with van der Waals surface area (Å²) in [4.78, 5) is 4.35. The Hall–Kier alpha value is -1.38. The van der Waals surface area contributed by atoms with Gasteiger partial charge in [-0.05, 0) is 42.7 Å². The van der Waals surface area contributed by atoms with Gasteiger partial charge in [0.15, 0.2) is 0 Å². The normalized spacial score (nSPS) is 13.9. The van der Waals surface area contributed by atoms with Crippen molar-refractivity contribution < 1.29 is 5.11 Å². The molecular weight excluding hydrogens is 270 g/mol. The smallest absolute Gasteiger partial charge is 0.131 e. The van der Waals surface area contributed by atoms with Crippen molar-refractivity contribution >= 4 is 11.6 Å². The molecular formula is C17H20ClNO. The van der Waals surface area contributed by atoms with E-state index in [1.54, 1.807) is 6.20 Å². The van der Waals surface area contributed by atoms with Gasteiger partial charge in [0.2, 0.25) is 0 Å². The Balaban J connectivity index is 2.35. The predicted molar refractivity (Wildman–Crippen MR) is 82.8 cm³/mol. The molecule has 2 nitrogen and oxygen atoms in total. The third-order valence-corrected chi connectivity index (χ3v) is 3.80. The van der Waals surface area contributed by atoms with E-state index in [0.717, 1.165) is 24.8 Å². The van der Waals surface area contributed by atoms with Crippen molar-refractivity contribution in [3.05, 3.63) is 64.9 Å². The number of aliphatic hydroxyl groups is 1. The number of hydrogen-bond donors (Lipinski definition) is 1. The van der Waals surface area contributed by atoms with Crippen LogP contribution in [0.25, 0.3) is 0 Å². The van der Waals surface area contributed by atoms with Crippen LogP contribution in [-0.4, -0.2) is 10.1 Å². The van der Waals surface area contributed by atoms with Crippen LogP contribution in [0.2, 0.25) is 5.02 Å². The van der Waals surface area contributed by atoms with Crippen LogP contribution >= 0.6 is 11.6 Å². The molecule has 0 aliphatic carbocycles. The Kier molecular flexibility index (Phi) is 5.16. The van der Waals surface area contributed by atoms with Crippen LogP contribution in [0.5, 0.6) is 0 Å². The van der Waals surface area contributed by atoms with E-state index in [0.29, 0.717) is 17.1 Å². The predicted octanol–water partition coefficient (Wildman–Crippen LogP) is 4.55. The van der Waals surface area contributed by atoms with Crippen LogP contribution in [0.3, 0.4) is 0 Å². The molecule has 0 amide bonds. The quantitative estimate of drug-likeness (QED) is 0.791. The van der Waals surface area contributed by atoms with Crippen molar-refractivity contribution in [1.29, 1.82) is 0 Å². The summed E-state index contributed by atoms with van der Waals surface area (Å²) < 4.78 is 0. The molecule has 20 heavy (non-hydrogen) atoms. The highest BCUT2D eigenvalue weighted by molar-refractivity contribution is 6.30. The molecule has 1 aromatic heterocycles. The molecule has 0 aliphatic rings. The highest BCUT2D eigenvalue weighted by Gasteiger charge is 2.32. The van der Waals surface area contributed by atoms with Crippen LogP contribution in [0.4, 0.5) is 0 Å². The fourth-order valence-corrected chi connectivity index (χ4v) is 2.51. The van der Waals surface area contributed by atoms with Gasteiger partial charge in [-0.1, -0.05) is 49.6 Å². The van der Waals surface area contributed by atoms with E-state index in [9.17, 15) is 5.11 Å². The zero-order valence-electron chi connectivity index (χ0n) is 11.7. The van der Waals surface area contributed by atoms with Crippen LogP contribution in [0.1, 0.15) is 43.9 Å². The number of rotatable bonds is 6. The van der Waals surface area contributed by atoms with Crippen molar-refractivity contribution in [3.63, 3.8) is 0 Å². The molecule has 0 bridgehead atoms. The zero-order valence-corrected chi connectivity index (χ0v) is 12.5. The monoisotopic (exact) mass is 289 g/mol. The molecule has 0 spiro atoms. The van der Waals surface area contributed by atoms with Crippen molar-refractivity contribution in [2.75, 3.05) is 0 Å². The zero-order chi connectivity index (χ0) is 14.4. The first kappa shape index (κ1) is 15.0. The average molecular weight is 290 g/mol. The van der Waals surface area contributed by atoms with E-state index in [1.165, 1.54) is 0 Å². The lowest BCUT2D eigenvalue weighted by atomic mass is 9.85. The number of halogens is 1. The molecule has 0 saturated carbocycles. The van der Waals surface area contributed by atoms with Crippen LogP contribution < -0.4 is 0 Å². The van der Waals surface area contributed by atoms with Crippen molar-refractivity contribution in [2.45, 2.75) is 38.2 Å². The maximum absolute atomic E-state index is 11.2. The molecule has 0 saturated heterocycles. The molecule has 0 fully saturated rings. The van der Waals surface area contributed by atoms with Gasteiger partial charge in [-0.15, -0.1) is 0 Å². The third kappa shape index (κ3) is 3.38. The van der Waals surface area contributed by atoms with E-state index >= 15 is 0 Å². The number of hydrogen-bond acceptors (Lipinski definition) is 2. The lowest BCUT2D eigenvalue weighted by Crippen LogP contribution is -2.28. The van der Waals surface area contributed by atoms with Gasteiger partial charge in [0.25, 0.3) is 0 Å². The van der Waals surface area contributed by atoms with E-state index in [4.69, 9.17) is 11.6 Å². The molecule has 1 atom stereocenters. The summed E-state index contributed by atoms with van der Waals surface area (Å²) in [5, 5.41) is 11.8. The molecule has 2 rings (SSSR count). The maximum atomic E-state index is 11.2. The Bertz CT molecular complexity index is 526. The first-order chi connectivity index (χ1) is 9.66. The second-order valence-corrected chi connectivity index (χ2v) is 5.48. The molecule has 106 valence electrons. The van der Waals surface area contributed by atoms with Gasteiger partial charge in [-0.25, -0.2) is 0 Å². The fourth-order valence-electron chi connectivity index (χ4n) is 2.38. The Labute approximate surface area is 125 Å². The summed E-state index contributed by atoms with van der Waals surface area (Å²) in [5.74, 6) is 0. The van der Waals surface area contributed by atoms with E-state index in [2.05, 4.69) is 11.9 Å². The van der Waals surface area contributed by atoms with E-state index in [-0.39, 0.29) is 0 Å². The average Bonchev–Trinajstić information content (AvgIpc) is 2.49. The minimum absolute atomic E-state index is 0.666. The molecule has 1 heterocycles. The minimum atomic E-state index is -1.04. The van der Waals surface area contributed by atoms with Crippen LogP contribution in [0.15, 0.2) is 48.7 Å². The first-order valence-corrected chi connectivity index (χ1v) is 7.44. The SMILES string of the molecule is CCCCCC(O)(c1ccc(Cl)cc1)c1ccccn1. The Morgan fingerprint density at radius 3 is 2.45 bits per heavy atom. The second kappa shape index (κ2) is 6.87. The summed E-state index contributed by atoms with van der Waals surface area (Å²) >= 11 is 5.94. The molecule has 3 heteroatoms. The van der Waals surface area contributed by atoms with Crippen molar-refractivity contribution in [3.8, 4) is 0 Å². The molecule has 0 aliphatic heterocycles. The van der Waals surface area contributed by atoms with Gasteiger partial charge in [0.1, 0.15) is 5.60 Å². The van der Waals surface area contributed by atoms with E-state index in [1.807, 2.05) is 42.5 Å². The molecule has 0 radical (unpaired) electrons. The molecule has 2 aromatic rings. The van der Waals surface area contributed by atoms with Gasteiger partial charge < -0.3 is 5.11 Å². The van der Waals surface area contributed by atoms with E-state index < -0.39 is 5.60 Å². The van der Waals surface area contributed by atoms with Gasteiger partial charge in [0, 0.05) is 11.2 Å². The van der Waals surface area contributed by atoms with Gasteiger partial charge >= 0.3 is 0 Å². The molecule has 1 aromatic carbocycles. The number of aromatic nitrogens is 1. The molecule has 1 unspecified atom stereocenters. The number of benzene rings is 1. The second-order valence-electron chi connectivity index (χ2n) is 5.04. The largest absolute Gasteiger partial charge is 0.379 e. The van der Waals surface area contributed by atoms with Crippen molar-refractivity contribution in [1.82, 2.24) is 4.98 Å². The summed E-state index contributed by atoms with van der Waals surface area (Å²) in [6, 6.07) is 13.0. The maximum Gasteiger partial charge on any atom is 0.131 e. The Morgan fingerprint density at radius 2 is 1.85 bits per heavy atom. The lowest BCUT2D eigenvalue weighted by molar-refractivity contribution is 0.0635. The lowest BCUT2D eigenvalue weighted by Gasteiger charge is -2.28. The third-order valence-electron chi connectivity index (χ3n) is 3.55. The summed E-state index contributed by atoms with van der Waals surface area (Å²) in [6.07, 6.45) is 5.57. The van der Waals surface area contributed by atoms with Gasteiger partial charge in [0.05, 0.1) is 5.69 Å². The number of pyridine rings is 1. The molecule has 1 N–H and O–H groups in total. The number of unbranched alkanes of at least 4 members (excludes halogenated alkanes) is 2. The van der Waals surface area contributed by atoms with Gasteiger partial charge in [-0.3, -0.25) is 4.98 Å². The fraction of sp³-hybridized carbons (Fsp3) is 0.353. The van der Waals surface area contributed by atoms with Crippen LogP contribution in [-0.2, 0) is 5.60 Å². The highest BCUT2D eigenvalue weighted by Crippen LogP contribution is 2.34. The van der Waals surface area contributed by atoms with Crippen LogP contribution in [0, 0.1) is 0 Å². The summed E-state index contributed by atoms with van der Waals surface area (Å²) in [6.45, 7) is 2.15. The highest BCUT2D eigenvalue weighted by atomic mass is 35.5. The first-order valence-electron chi connectivity index (χ1n) is 7.07. The van der Waals surface area contributed by atoms with Crippen molar-refractivity contribution in [2.24, 2.45) is 0 Å². The summed E-state index contributed by atoms with van der Waals surface area (Å²) in [5.41, 5.74) is 0.497. The summed E-state index contributed by atoms with van der Waals surface area (Å²) in [7, 11) is 0.